The van der Waals surface area contributed by atoms with Crippen LogP contribution in [-0.2, 0) is 19.5 Å². The summed E-state index contributed by atoms with van der Waals surface area (Å²) in [4.78, 5) is 7.64. The van der Waals surface area contributed by atoms with Crippen LogP contribution in [0.4, 0.5) is 0 Å². The Morgan fingerprint density at radius 3 is 1.00 bits per heavy atom. The molecule has 6 heteroatoms. The van der Waals surface area contributed by atoms with Gasteiger partial charge in [-0.05, 0) is 0 Å². The van der Waals surface area contributed by atoms with E-state index in [0.29, 0.717) is 0 Å². The fourth-order valence-corrected chi connectivity index (χ4v) is 0. The van der Waals surface area contributed by atoms with Gasteiger partial charge in [-0.2, -0.15) is 15.8 Å². The van der Waals surface area contributed by atoms with Gasteiger partial charge in [-0.3, -0.25) is 0 Å². The molecule has 5 nitrogen and oxygen atoms in total. The van der Waals surface area contributed by atoms with Gasteiger partial charge in [-0.15, -0.1) is 0 Å². The number of rotatable bonds is 0. The van der Waals surface area contributed by atoms with Crippen LogP contribution in [0.3, 0.4) is 0 Å². The summed E-state index contributed by atoms with van der Waals surface area (Å²) in [5.74, 6) is -0.333. The molecule has 0 saturated heterocycles. The fraction of sp³-hybridized carbons (Fsp3) is 0.500. The zero-order chi connectivity index (χ0) is 11.7. The standard InChI is InChI=1S/3C2H3N.C2H4O2.Rh/c3*1-2-3;1-2(3)4;/h3*1H3;1H3,(H,3,4);/q;;;;+2/p+2. The number of hydrogen-bond donors (Lipinski definition) is 0. The molecule has 0 aliphatic heterocycles. The van der Waals surface area contributed by atoms with Gasteiger partial charge in [0, 0.05) is 20.8 Å². The van der Waals surface area contributed by atoms with Gasteiger partial charge in [0.1, 0.15) is 6.92 Å². The molecular weight excluding hydrogens is 273 g/mol. The van der Waals surface area contributed by atoms with E-state index in [-0.39, 0.29) is 25.4 Å². The number of nitriles is 3. The van der Waals surface area contributed by atoms with E-state index in [9.17, 15) is 0 Å². The maximum Gasteiger partial charge on any atom is 2.00 e. The molecule has 3 N–H and O–H groups in total. The van der Waals surface area contributed by atoms with Crippen molar-refractivity contribution in [3.63, 3.8) is 0 Å². The van der Waals surface area contributed by atoms with E-state index in [2.05, 4.69) is 0 Å². The molecule has 0 amide bonds. The molecule has 0 saturated carbocycles. The minimum atomic E-state index is -0.333. The first-order chi connectivity index (χ1) is 5.97. The molecule has 14 heavy (non-hydrogen) atoms. The van der Waals surface area contributed by atoms with Crippen LogP contribution in [-0.4, -0.2) is 15.9 Å². The Morgan fingerprint density at radius 2 is 1.00 bits per heavy atom. The summed E-state index contributed by atoms with van der Waals surface area (Å²) in [6.45, 7) is 5.60. The molecule has 1 radical (unpaired) electrons. The van der Waals surface area contributed by atoms with E-state index in [1.807, 2.05) is 0 Å². The first kappa shape index (κ1) is 29.4. The molecule has 0 aromatic carbocycles. The summed E-state index contributed by atoms with van der Waals surface area (Å²) in [6.07, 6.45) is 0. The SMILES string of the molecule is CC#N.CC#N.CC#N.CC(=[OH+])[OH2+].[Rh+2]. The van der Waals surface area contributed by atoms with Gasteiger partial charge in [-0.1, -0.05) is 0 Å². The van der Waals surface area contributed by atoms with Crippen LogP contribution in [0.15, 0.2) is 0 Å². The third-order valence-electron chi connectivity index (χ3n) is 0. The van der Waals surface area contributed by atoms with E-state index in [1.54, 1.807) is 18.2 Å². The molecule has 0 aliphatic carbocycles. The van der Waals surface area contributed by atoms with Crippen LogP contribution in [0, 0.1) is 34.0 Å². The second-order valence-electron chi connectivity index (χ2n) is 1.26. The Morgan fingerprint density at radius 1 is 1.00 bits per heavy atom. The van der Waals surface area contributed by atoms with Crippen molar-refractivity contribution >= 4 is 5.97 Å². The number of hydrogen-bond acceptors (Lipinski definition) is 3. The van der Waals surface area contributed by atoms with E-state index < -0.39 is 0 Å². The summed E-state index contributed by atoms with van der Waals surface area (Å²) < 4.78 is 0. The van der Waals surface area contributed by atoms with Crippen LogP contribution in [0.5, 0.6) is 0 Å². The van der Waals surface area contributed by atoms with Crippen LogP contribution in [0.2, 0.25) is 0 Å². The molecule has 0 heterocycles. The van der Waals surface area contributed by atoms with Crippen molar-refractivity contribution in [2.45, 2.75) is 27.7 Å². The van der Waals surface area contributed by atoms with Crippen LogP contribution < -0.4 is 0 Å². The van der Waals surface area contributed by atoms with Crippen molar-refractivity contribution in [3.8, 4) is 18.2 Å². The molecule has 79 valence electrons. The largest absolute Gasteiger partial charge is 2.00 e. The summed E-state index contributed by atoms with van der Waals surface area (Å²) in [7, 11) is 0. The molecule has 0 aromatic rings. The van der Waals surface area contributed by atoms with Crippen molar-refractivity contribution in [2.24, 2.45) is 0 Å². The second kappa shape index (κ2) is 62.0. The first-order valence-corrected chi connectivity index (χ1v) is 3.14. The predicted molar refractivity (Wildman–Crippen MR) is 50.1 cm³/mol. The Bertz CT molecular complexity index is 178. The van der Waals surface area contributed by atoms with E-state index in [4.69, 9.17) is 25.7 Å². The summed E-state index contributed by atoms with van der Waals surface area (Å²) in [5.41, 5.74) is 0. The fourth-order valence-electron chi connectivity index (χ4n) is 0. The Balaban J connectivity index is -0.0000000254. The van der Waals surface area contributed by atoms with Gasteiger partial charge in [-0.25, -0.2) is 4.79 Å². The molecular formula is C8H15N3O2Rh+4. The van der Waals surface area contributed by atoms with Crippen LogP contribution >= 0.6 is 0 Å². The minimum Gasteiger partial charge on any atom is -0.524 e. The van der Waals surface area contributed by atoms with Gasteiger partial charge in [0.15, 0.2) is 0 Å². The molecule has 0 aliphatic rings. The Labute approximate surface area is 97.3 Å². The van der Waals surface area contributed by atoms with Crippen molar-refractivity contribution < 1.29 is 29.4 Å². The minimum absolute atomic E-state index is 0. The van der Waals surface area contributed by atoms with Crippen LogP contribution in [0.1, 0.15) is 27.7 Å². The zero-order valence-corrected chi connectivity index (χ0v) is 10.3. The third kappa shape index (κ3) is 468. The van der Waals surface area contributed by atoms with Crippen molar-refractivity contribution in [3.05, 3.63) is 0 Å². The van der Waals surface area contributed by atoms with Crippen LogP contribution in [0.25, 0.3) is 0 Å². The summed E-state index contributed by atoms with van der Waals surface area (Å²) in [6, 6.07) is 5.25. The third-order valence-corrected chi connectivity index (χ3v) is 0. The molecule has 0 rings (SSSR count). The smallest absolute Gasteiger partial charge is 0.524 e. The zero-order valence-electron chi connectivity index (χ0n) is 8.62. The molecule has 0 fully saturated rings. The topological polar surface area (TPSA) is 116 Å². The Hall–Kier alpha value is -1.44. The quantitative estimate of drug-likeness (QED) is 0.485. The van der Waals surface area contributed by atoms with Crippen molar-refractivity contribution in [2.75, 3.05) is 0 Å². The first-order valence-electron chi connectivity index (χ1n) is 3.14. The average Bonchev–Trinajstić information content (AvgIpc) is 1.88. The maximum atomic E-state index is 7.64. The van der Waals surface area contributed by atoms with Gasteiger partial charge < -0.3 is 5.11 Å². The molecule has 0 atom stereocenters. The molecule has 0 unspecified atom stereocenters. The van der Waals surface area contributed by atoms with E-state index >= 15 is 0 Å². The van der Waals surface area contributed by atoms with Gasteiger partial charge >= 0.3 is 25.4 Å². The number of carbonyl (C=O) groups excluding carboxylic acids is 1. The Kier molecular flexibility index (Phi) is 130. The number of nitrogens with zero attached hydrogens (tertiary/aromatic N) is 3. The van der Waals surface area contributed by atoms with Gasteiger partial charge in [0.2, 0.25) is 0 Å². The average molecular weight is 288 g/mol. The molecule has 0 aromatic heterocycles. The molecule has 0 bridgehead atoms. The summed E-state index contributed by atoms with van der Waals surface area (Å²) in [5, 5.41) is 28.0. The van der Waals surface area contributed by atoms with Crippen molar-refractivity contribution in [1.82, 2.24) is 0 Å². The maximum absolute atomic E-state index is 7.64. The summed E-state index contributed by atoms with van der Waals surface area (Å²) >= 11 is 0. The van der Waals surface area contributed by atoms with Crippen molar-refractivity contribution in [1.29, 1.82) is 15.8 Å². The second-order valence-corrected chi connectivity index (χ2v) is 1.26. The monoisotopic (exact) mass is 288 g/mol. The van der Waals surface area contributed by atoms with E-state index in [1.165, 1.54) is 27.7 Å². The van der Waals surface area contributed by atoms with E-state index in [0.717, 1.165) is 0 Å². The normalized spacial score (nSPS) is 3.50. The molecule has 0 spiro atoms. The predicted octanol–water partition coefficient (Wildman–Crippen LogP) is 0.820. The van der Waals surface area contributed by atoms with Gasteiger partial charge in [0.25, 0.3) is 0 Å². The van der Waals surface area contributed by atoms with Gasteiger partial charge in [0.05, 0.1) is 18.2 Å².